The maximum atomic E-state index is 14.0. The lowest BCUT2D eigenvalue weighted by atomic mass is 9.68. The lowest BCUT2D eigenvalue weighted by molar-refractivity contribution is -0.119. The highest BCUT2D eigenvalue weighted by molar-refractivity contribution is 5.92. The number of carbonyl (C=O) groups is 3. The molecule has 0 bridgehead atoms. The minimum Gasteiger partial charge on any atom is -0.465 e. The normalized spacial score (nSPS) is 25.1. The van der Waals surface area contributed by atoms with Crippen molar-refractivity contribution in [2.45, 2.75) is 57.2 Å². The van der Waals surface area contributed by atoms with Gasteiger partial charge in [-0.1, -0.05) is 19.3 Å². The minimum atomic E-state index is -1.09. The van der Waals surface area contributed by atoms with Crippen LogP contribution in [0.4, 0.5) is 19.7 Å². The molecule has 5 N–H and O–H groups in total. The van der Waals surface area contributed by atoms with Gasteiger partial charge in [-0.15, -0.1) is 0 Å². The fourth-order valence-corrected chi connectivity index (χ4v) is 5.54. The minimum absolute atomic E-state index is 0.0238. The van der Waals surface area contributed by atoms with Gasteiger partial charge in [0.1, 0.15) is 5.82 Å². The Balaban J connectivity index is 1.57. The number of ether oxygens (including phenoxy) is 2. The molecule has 180 valence electrons. The molecule has 0 aromatic heterocycles. The molecule has 4 rings (SSSR count). The number of anilines is 1. The summed E-state index contributed by atoms with van der Waals surface area (Å²) in [6.07, 6.45) is 3.34. The van der Waals surface area contributed by atoms with Crippen LogP contribution in [0.5, 0.6) is 5.75 Å². The van der Waals surface area contributed by atoms with Gasteiger partial charge < -0.3 is 35.8 Å². The van der Waals surface area contributed by atoms with Crippen LogP contribution in [-0.2, 0) is 16.1 Å². The van der Waals surface area contributed by atoms with Crippen LogP contribution in [0.1, 0.15) is 44.1 Å². The number of urea groups is 1. The standard InChI is InChI=1S/C22H29FN4O6/c23-14-7-13-10-32-11-33-20(13)17(8-14)26-21(29)25-16(9-18(24)28)19-15-4-2-1-3-12(15)5-6-27(19)22(30)31/h7-8,12,15-16,19H,1-6,9-11H2,(H2,24,28)(H,30,31)(H2,25,26,29). The Morgan fingerprint density at radius 2 is 2.03 bits per heavy atom. The van der Waals surface area contributed by atoms with Gasteiger partial charge >= 0.3 is 12.1 Å². The third-order valence-corrected chi connectivity index (χ3v) is 6.83. The van der Waals surface area contributed by atoms with Crippen LogP contribution in [0.2, 0.25) is 0 Å². The third kappa shape index (κ3) is 5.13. The van der Waals surface area contributed by atoms with E-state index in [1.54, 1.807) is 0 Å². The van der Waals surface area contributed by atoms with E-state index in [0.29, 0.717) is 23.8 Å². The second-order valence-electron chi connectivity index (χ2n) is 8.89. The third-order valence-electron chi connectivity index (χ3n) is 6.83. The van der Waals surface area contributed by atoms with E-state index in [1.165, 1.54) is 11.0 Å². The van der Waals surface area contributed by atoms with Gasteiger partial charge in [-0.3, -0.25) is 4.79 Å². The number of likely N-dealkylation sites (tertiary alicyclic amines) is 1. The van der Waals surface area contributed by atoms with E-state index in [1.807, 2.05) is 0 Å². The Hall–Kier alpha value is -3.08. The molecule has 1 saturated carbocycles. The van der Waals surface area contributed by atoms with Crippen LogP contribution in [0.25, 0.3) is 0 Å². The highest BCUT2D eigenvalue weighted by atomic mass is 19.1. The zero-order chi connectivity index (χ0) is 23.5. The first-order valence-corrected chi connectivity index (χ1v) is 11.2. The van der Waals surface area contributed by atoms with Crippen molar-refractivity contribution in [1.29, 1.82) is 0 Å². The van der Waals surface area contributed by atoms with Crippen molar-refractivity contribution >= 4 is 23.7 Å². The number of rotatable bonds is 5. The first kappa shape index (κ1) is 23.1. The van der Waals surface area contributed by atoms with Gasteiger partial charge in [-0.25, -0.2) is 14.0 Å². The number of primary amides is 1. The number of nitrogens with two attached hydrogens (primary N) is 1. The molecular weight excluding hydrogens is 435 g/mol. The average Bonchev–Trinajstić information content (AvgIpc) is 2.77. The van der Waals surface area contributed by atoms with Crippen molar-refractivity contribution in [3.63, 3.8) is 0 Å². The van der Waals surface area contributed by atoms with Crippen molar-refractivity contribution in [3.8, 4) is 5.75 Å². The topological polar surface area (TPSA) is 143 Å². The molecule has 1 aromatic carbocycles. The van der Waals surface area contributed by atoms with Gasteiger partial charge in [0.05, 0.1) is 24.4 Å². The molecule has 33 heavy (non-hydrogen) atoms. The number of hydrogen-bond donors (Lipinski definition) is 4. The summed E-state index contributed by atoms with van der Waals surface area (Å²) in [5.41, 5.74) is 6.05. The van der Waals surface area contributed by atoms with Crippen LogP contribution in [0, 0.1) is 17.7 Å². The highest BCUT2D eigenvalue weighted by Crippen LogP contribution is 2.41. The number of fused-ring (bicyclic) bond motifs is 2. The van der Waals surface area contributed by atoms with Gasteiger partial charge in [0.15, 0.2) is 12.5 Å². The molecule has 4 atom stereocenters. The van der Waals surface area contributed by atoms with Crippen LogP contribution in [-0.4, -0.2) is 53.5 Å². The molecular formula is C22H29FN4O6. The molecule has 4 amide bonds. The number of halogens is 1. The van der Waals surface area contributed by atoms with E-state index < -0.39 is 35.9 Å². The summed E-state index contributed by atoms with van der Waals surface area (Å²) in [5.74, 6) is -0.547. The SMILES string of the molecule is NC(=O)CC(NC(=O)Nc1cc(F)cc2c1OCOC2)C1C2CCCCC2CCN1C(=O)O. The van der Waals surface area contributed by atoms with E-state index in [4.69, 9.17) is 15.2 Å². The molecule has 1 aromatic rings. The molecule has 0 radical (unpaired) electrons. The van der Waals surface area contributed by atoms with Crippen LogP contribution in [0.3, 0.4) is 0 Å². The van der Waals surface area contributed by atoms with Crippen molar-refractivity contribution < 1.29 is 33.4 Å². The summed E-state index contributed by atoms with van der Waals surface area (Å²) in [7, 11) is 0. The molecule has 11 heteroatoms. The number of piperidine rings is 1. The van der Waals surface area contributed by atoms with Gasteiger partial charge in [0.25, 0.3) is 0 Å². The van der Waals surface area contributed by atoms with Crippen molar-refractivity contribution in [1.82, 2.24) is 10.2 Å². The summed E-state index contributed by atoms with van der Waals surface area (Å²) in [6, 6.07) is 0.300. The fraction of sp³-hybridized carbons (Fsp3) is 0.591. The Bertz CT molecular complexity index is 928. The van der Waals surface area contributed by atoms with E-state index in [9.17, 15) is 23.9 Å². The first-order chi connectivity index (χ1) is 15.8. The second-order valence-corrected chi connectivity index (χ2v) is 8.89. The predicted octanol–water partition coefficient (Wildman–Crippen LogP) is 2.62. The number of carboxylic acid groups (broad SMARTS) is 1. The first-order valence-electron chi connectivity index (χ1n) is 11.2. The maximum absolute atomic E-state index is 14.0. The van der Waals surface area contributed by atoms with Gasteiger partial charge in [-0.2, -0.15) is 0 Å². The quantitative estimate of drug-likeness (QED) is 0.527. The molecule has 2 heterocycles. The molecule has 4 unspecified atom stereocenters. The highest BCUT2D eigenvalue weighted by Gasteiger charge is 2.45. The maximum Gasteiger partial charge on any atom is 0.407 e. The van der Waals surface area contributed by atoms with Crippen molar-refractivity contribution in [3.05, 3.63) is 23.5 Å². The largest absolute Gasteiger partial charge is 0.465 e. The number of carbonyl (C=O) groups excluding carboxylic acids is 2. The lowest BCUT2D eigenvalue weighted by Crippen LogP contribution is -2.62. The molecule has 10 nitrogen and oxygen atoms in total. The Kier molecular flexibility index (Phi) is 6.87. The molecule has 2 fully saturated rings. The number of amides is 4. The van der Waals surface area contributed by atoms with E-state index >= 15 is 0 Å². The van der Waals surface area contributed by atoms with Crippen LogP contribution < -0.4 is 21.1 Å². The van der Waals surface area contributed by atoms with Crippen molar-refractivity contribution in [2.24, 2.45) is 17.6 Å². The van der Waals surface area contributed by atoms with Crippen LogP contribution in [0.15, 0.2) is 12.1 Å². The summed E-state index contributed by atoms with van der Waals surface area (Å²) >= 11 is 0. The lowest BCUT2D eigenvalue weighted by Gasteiger charge is -2.49. The number of nitrogens with one attached hydrogen (secondary N) is 2. The van der Waals surface area contributed by atoms with E-state index in [2.05, 4.69) is 10.6 Å². The number of nitrogens with zero attached hydrogens (tertiary/aromatic N) is 1. The zero-order valence-electron chi connectivity index (χ0n) is 18.2. The van der Waals surface area contributed by atoms with Gasteiger partial charge in [0.2, 0.25) is 5.91 Å². The van der Waals surface area contributed by atoms with E-state index in [-0.39, 0.29) is 31.4 Å². The predicted molar refractivity (Wildman–Crippen MR) is 115 cm³/mol. The number of benzene rings is 1. The molecule has 1 aliphatic carbocycles. The summed E-state index contributed by atoms with van der Waals surface area (Å²) in [4.78, 5) is 38.1. The second kappa shape index (κ2) is 9.82. The van der Waals surface area contributed by atoms with E-state index in [0.717, 1.165) is 38.2 Å². The van der Waals surface area contributed by atoms with Crippen LogP contribution >= 0.6 is 0 Å². The smallest absolute Gasteiger partial charge is 0.407 e. The average molecular weight is 464 g/mol. The molecule has 1 saturated heterocycles. The number of hydrogen-bond acceptors (Lipinski definition) is 5. The van der Waals surface area contributed by atoms with Crippen molar-refractivity contribution in [2.75, 3.05) is 18.7 Å². The van der Waals surface area contributed by atoms with Gasteiger partial charge in [-0.05, 0) is 30.7 Å². The summed E-state index contributed by atoms with van der Waals surface area (Å²) in [6.45, 7) is 0.454. The molecule has 3 aliphatic rings. The molecule has 0 spiro atoms. The monoisotopic (exact) mass is 464 g/mol. The zero-order valence-corrected chi connectivity index (χ0v) is 18.2. The Morgan fingerprint density at radius 3 is 2.79 bits per heavy atom. The Morgan fingerprint density at radius 1 is 1.24 bits per heavy atom. The molecule has 2 aliphatic heterocycles. The Labute approximate surface area is 190 Å². The summed E-state index contributed by atoms with van der Waals surface area (Å²) < 4.78 is 24.6. The van der Waals surface area contributed by atoms with Gasteiger partial charge in [0, 0.05) is 24.6 Å². The summed E-state index contributed by atoms with van der Waals surface area (Å²) in [5, 5.41) is 15.2. The fourth-order valence-electron chi connectivity index (χ4n) is 5.54.